The SMILES string of the molecule is CCCC1CCC(C(=O)Nn2c(-c3ccc(F)cc3)nc3ccccc3c2=O)CC1. The van der Waals surface area contributed by atoms with Crippen molar-refractivity contribution in [2.45, 2.75) is 45.4 Å². The molecule has 2 aromatic carbocycles. The molecule has 30 heavy (non-hydrogen) atoms. The van der Waals surface area contributed by atoms with E-state index in [9.17, 15) is 14.0 Å². The molecular formula is C24H26FN3O2. The lowest BCUT2D eigenvalue weighted by Crippen LogP contribution is -2.39. The van der Waals surface area contributed by atoms with Crippen LogP contribution in [-0.4, -0.2) is 15.6 Å². The minimum Gasteiger partial charge on any atom is -0.273 e. The first-order valence-electron chi connectivity index (χ1n) is 10.7. The highest BCUT2D eigenvalue weighted by Crippen LogP contribution is 2.31. The van der Waals surface area contributed by atoms with Gasteiger partial charge in [-0.2, -0.15) is 4.68 Å². The minimum atomic E-state index is -0.374. The Hall–Kier alpha value is -3.02. The highest BCUT2D eigenvalue weighted by Gasteiger charge is 2.27. The Labute approximate surface area is 174 Å². The molecule has 0 aliphatic heterocycles. The Bertz CT molecular complexity index is 1100. The lowest BCUT2D eigenvalue weighted by atomic mass is 9.80. The molecule has 1 amide bonds. The van der Waals surface area contributed by atoms with E-state index in [0.29, 0.717) is 28.2 Å². The van der Waals surface area contributed by atoms with Gasteiger partial charge in [0, 0.05) is 11.5 Å². The summed E-state index contributed by atoms with van der Waals surface area (Å²) in [4.78, 5) is 30.8. The van der Waals surface area contributed by atoms with Gasteiger partial charge in [0.1, 0.15) is 5.82 Å². The van der Waals surface area contributed by atoms with E-state index in [1.807, 2.05) is 0 Å². The van der Waals surface area contributed by atoms with Crippen LogP contribution in [-0.2, 0) is 4.79 Å². The van der Waals surface area contributed by atoms with Gasteiger partial charge in [-0.1, -0.05) is 31.9 Å². The van der Waals surface area contributed by atoms with Crippen molar-refractivity contribution >= 4 is 16.8 Å². The van der Waals surface area contributed by atoms with Gasteiger partial charge in [0.2, 0.25) is 5.91 Å². The molecule has 5 nitrogen and oxygen atoms in total. The molecule has 0 unspecified atom stereocenters. The van der Waals surface area contributed by atoms with Gasteiger partial charge in [-0.25, -0.2) is 9.37 Å². The zero-order valence-corrected chi connectivity index (χ0v) is 17.1. The minimum absolute atomic E-state index is 0.113. The molecule has 0 bridgehead atoms. The Morgan fingerprint density at radius 2 is 1.80 bits per heavy atom. The third-order valence-electron chi connectivity index (χ3n) is 6.01. The summed E-state index contributed by atoms with van der Waals surface area (Å²) in [5.41, 5.74) is 3.57. The molecule has 1 heterocycles. The fourth-order valence-electron chi connectivity index (χ4n) is 4.35. The lowest BCUT2D eigenvalue weighted by Gasteiger charge is -2.28. The summed E-state index contributed by atoms with van der Waals surface area (Å²) in [6.45, 7) is 2.19. The average Bonchev–Trinajstić information content (AvgIpc) is 2.77. The largest absolute Gasteiger partial charge is 0.280 e. The van der Waals surface area contributed by atoms with Crippen molar-refractivity contribution in [3.05, 3.63) is 64.7 Å². The van der Waals surface area contributed by atoms with Crippen LogP contribution < -0.4 is 11.0 Å². The normalized spacial score (nSPS) is 19.0. The number of nitrogens with zero attached hydrogens (tertiary/aromatic N) is 2. The maximum atomic E-state index is 13.4. The first kappa shape index (κ1) is 20.3. The van der Waals surface area contributed by atoms with Gasteiger partial charge >= 0.3 is 0 Å². The van der Waals surface area contributed by atoms with E-state index in [1.54, 1.807) is 36.4 Å². The van der Waals surface area contributed by atoms with Gasteiger partial charge in [0.15, 0.2) is 5.82 Å². The van der Waals surface area contributed by atoms with Gasteiger partial charge in [-0.15, -0.1) is 0 Å². The number of hydrogen-bond acceptors (Lipinski definition) is 3. The number of fused-ring (bicyclic) bond motifs is 1. The Morgan fingerprint density at radius 1 is 1.10 bits per heavy atom. The molecule has 1 N–H and O–H groups in total. The Kier molecular flexibility index (Phi) is 5.93. The molecule has 0 radical (unpaired) electrons. The molecular weight excluding hydrogens is 381 g/mol. The molecule has 0 saturated heterocycles. The zero-order valence-electron chi connectivity index (χ0n) is 17.1. The summed E-state index contributed by atoms with van der Waals surface area (Å²) in [5.74, 6) is 0.344. The summed E-state index contributed by atoms with van der Waals surface area (Å²) >= 11 is 0. The van der Waals surface area contributed by atoms with Gasteiger partial charge in [-0.3, -0.25) is 15.0 Å². The summed E-state index contributed by atoms with van der Waals surface area (Å²) in [6, 6.07) is 12.8. The van der Waals surface area contributed by atoms with Crippen molar-refractivity contribution in [1.29, 1.82) is 0 Å². The molecule has 1 fully saturated rings. The van der Waals surface area contributed by atoms with Crippen LogP contribution in [0.25, 0.3) is 22.3 Å². The van der Waals surface area contributed by atoms with E-state index >= 15 is 0 Å². The van der Waals surface area contributed by atoms with Crippen molar-refractivity contribution < 1.29 is 9.18 Å². The van der Waals surface area contributed by atoms with E-state index in [-0.39, 0.29) is 23.2 Å². The molecule has 1 aromatic heterocycles. The van der Waals surface area contributed by atoms with Gasteiger partial charge in [0.05, 0.1) is 10.9 Å². The smallest absolute Gasteiger partial charge is 0.273 e. The van der Waals surface area contributed by atoms with Crippen LogP contribution >= 0.6 is 0 Å². The van der Waals surface area contributed by atoms with Gasteiger partial charge in [0.25, 0.3) is 5.56 Å². The van der Waals surface area contributed by atoms with Crippen LogP contribution in [0.15, 0.2) is 53.3 Å². The number of carbonyl (C=O) groups is 1. The number of carbonyl (C=O) groups excluding carboxylic acids is 1. The van der Waals surface area contributed by atoms with E-state index in [2.05, 4.69) is 17.3 Å². The molecule has 4 rings (SSSR count). The third kappa shape index (κ3) is 4.13. The number of rotatable bonds is 5. The first-order chi connectivity index (χ1) is 14.6. The number of nitrogens with one attached hydrogen (secondary N) is 1. The van der Waals surface area contributed by atoms with Crippen LogP contribution in [0.1, 0.15) is 45.4 Å². The summed E-state index contributed by atoms with van der Waals surface area (Å²) < 4.78 is 14.6. The van der Waals surface area contributed by atoms with E-state index in [1.165, 1.54) is 29.7 Å². The number of hydrogen-bond donors (Lipinski definition) is 1. The highest BCUT2D eigenvalue weighted by molar-refractivity contribution is 5.87. The Balaban J connectivity index is 1.68. The number of halogens is 1. The van der Waals surface area contributed by atoms with Gasteiger partial charge < -0.3 is 0 Å². The van der Waals surface area contributed by atoms with Crippen LogP contribution in [0, 0.1) is 17.7 Å². The maximum absolute atomic E-state index is 13.4. The Morgan fingerprint density at radius 3 is 2.50 bits per heavy atom. The predicted octanol–water partition coefficient (Wildman–Crippen LogP) is 4.88. The number of benzene rings is 2. The second-order valence-corrected chi connectivity index (χ2v) is 8.08. The maximum Gasteiger partial charge on any atom is 0.280 e. The van der Waals surface area contributed by atoms with Gasteiger partial charge in [-0.05, 0) is 68.0 Å². The molecule has 156 valence electrons. The van der Waals surface area contributed by atoms with Crippen LogP contribution in [0.4, 0.5) is 4.39 Å². The molecule has 0 atom stereocenters. The zero-order chi connectivity index (χ0) is 21.1. The molecule has 1 aliphatic carbocycles. The van der Waals surface area contributed by atoms with Crippen molar-refractivity contribution in [3.63, 3.8) is 0 Å². The third-order valence-corrected chi connectivity index (χ3v) is 6.01. The van der Waals surface area contributed by atoms with Crippen molar-refractivity contribution in [1.82, 2.24) is 9.66 Å². The van der Waals surface area contributed by atoms with Crippen molar-refractivity contribution in [3.8, 4) is 11.4 Å². The monoisotopic (exact) mass is 407 g/mol. The first-order valence-corrected chi connectivity index (χ1v) is 10.7. The van der Waals surface area contributed by atoms with Crippen LogP contribution in [0.2, 0.25) is 0 Å². The lowest BCUT2D eigenvalue weighted by molar-refractivity contribution is -0.122. The fraction of sp³-hybridized carbons (Fsp3) is 0.375. The van der Waals surface area contributed by atoms with Crippen LogP contribution in [0.5, 0.6) is 0 Å². The second-order valence-electron chi connectivity index (χ2n) is 8.08. The fourth-order valence-corrected chi connectivity index (χ4v) is 4.35. The van der Waals surface area contributed by atoms with Crippen LogP contribution in [0.3, 0.4) is 0 Å². The standard InChI is InChI=1S/C24H26FN3O2/c1-2-5-16-8-10-18(11-9-16)23(29)27-28-22(17-12-14-19(25)15-13-17)26-21-7-4-3-6-20(21)24(28)30/h3-4,6-7,12-16,18H,2,5,8-11H2,1H3,(H,27,29). The van der Waals surface area contributed by atoms with E-state index in [0.717, 1.165) is 25.7 Å². The molecule has 6 heteroatoms. The van der Waals surface area contributed by atoms with E-state index < -0.39 is 0 Å². The average molecular weight is 407 g/mol. The highest BCUT2D eigenvalue weighted by atomic mass is 19.1. The number of aromatic nitrogens is 2. The summed E-state index contributed by atoms with van der Waals surface area (Å²) in [5, 5.41) is 0.426. The molecule has 3 aromatic rings. The second kappa shape index (κ2) is 8.78. The molecule has 1 aliphatic rings. The quantitative estimate of drug-likeness (QED) is 0.656. The summed E-state index contributed by atoms with van der Waals surface area (Å²) in [7, 11) is 0. The number of amides is 1. The topological polar surface area (TPSA) is 64.0 Å². The predicted molar refractivity (Wildman–Crippen MR) is 116 cm³/mol. The van der Waals surface area contributed by atoms with Crippen molar-refractivity contribution in [2.24, 2.45) is 11.8 Å². The van der Waals surface area contributed by atoms with Crippen molar-refractivity contribution in [2.75, 3.05) is 5.43 Å². The molecule has 0 spiro atoms. The summed E-state index contributed by atoms with van der Waals surface area (Å²) in [6.07, 6.45) is 6.12. The van der Waals surface area contributed by atoms with E-state index in [4.69, 9.17) is 0 Å². The number of para-hydroxylation sites is 1. The molecule has 1 saturated carbocycles.